The van der Waals surface area contributed by atoms with Crippen molar-refractivity contribution < 1.29 is 4.57 Å². The van der Waals surface area contributed by atoms with E-state index < -0.39 is 0 Å². The minimum absolute atomic E-state index is 0.755. The van der Waals surface area contributed by atoms with E-state index >= 15 is 0 Å². The number of hydrogen-bond donors (Lipinski definition) is 0. The molecule has 4 nitrogen and oxygen atoms in total. The molecule has 0 aliphatic heterocycles. The lowest BCUT2D eigenvalue weighted by atomic mass is 10.2. The number of pyridine rings is 1. The van der Waals surface area contributed by atoms with Crippen LogP contribution < -0.4 is 9.47 Å². The Balaban J connectivity index is 1.98. The monoisotopic (exact) mass is 345 g/mol. The van der Waals surface area contributed by atoms with Crippen LogP contribution in [0.15, 0.2) is 58.9 Å². The van der Waals surface area contributed by atoms with E-state index in [-0.39, 0.29) is 0 Å². The van der Waals surface area contributed by atoms with Crippen LogP contribution in [-0.4, -0.2) is 20.0 Å². The van der Waals surface area contributed by atoms with Crippen LogP contribution in [-0.2, 0) is 6.54 Å². The average molecular weight is 346 g/mol. The minimum Gasteiger partial charge on any atom is -0.378 e. The molecule has 0 bridgehead atoms. The van der Waals surface area contributed by atoms with E-state index in [0.717, 1.165) is 42.5 Å². The molecule has 5 heteroatoms. The summed E-state index contributed by atoms with van der Waals surface area (Å²) in [6, 6.07) is 14.1. The third kappa shape index (κ3) is 5.93. The number of benzene rings is 1. The predicted octanol–water partition coefficient (Wildman–Crippen LogP) is 5.25. The summed E-state index contributed by atoms with van der Waals surface area (Å²) in [7, 11) is 4.05. The number of rotatable bonds is 9. The summed E-state index contributed by atoms with van der Waals surface area (Å²) in [6.07, 6.45) is 6.66. The summed E-state index contributed by atoms with van der Waals surface area (Å²) in [5.74, 6) is 1.64. The van der Waals surface area contributed by atoms with Gasteiger partial charge < -0.3 is 4.90 Å². The molecule has 128 valence electrons. The maximum atomic E-state index is 5.71. The molecular formula is C19H26ClN4+. The Bertz CT molecular complexity index is 638. The summed E-state index contributed by atoms with van der Waals surface area (Å²) >= 11 is 5.71. The molecule has 1 heterocycles. The number of azo groups is 1. The standard InChI is InChI=1S/C19H26ClN4/c1-23(2)18-12-10-17(11-13-18)21-22-19-9-5-8-16-24(19)15-7-4-3-6-14-20/h5,8-13,16H,3-4,6-7,14-15H2,1-2H3/q+1. The first-order valence-electron chi connectivity index (χ1n) is 8.44. The first-order chi connectivity index (χ1) is 11.7. The van der Waals surface area contributed by atoms with E-state index in [1.54, 1.807) is 0 Å². The molecule has 0 N–H and O–H groups in total. The van der Waals surface area contributed by atoms with Crippen molar-refractivity contribution in [2.45, 2.75) is 32.2 Å². The SMILES string of the molecule is CN(C)c1ccc(/N=N/c2cccc[n+]2CCCCCCCl)cc1. The Hall–Kier alpha value is -1.94. The van der Waals surface area contributed by atoms with Gasteiger partial charge in [0, 0.05) is 31.7 Å². The normalized spacial score (nSPS) is 11.1. The lowest BCUT2D eigenvalue weighted by Crippen LogP contribution is -2.33. The smallest absolute Gasteiger partial charge is 0.350 e. The molecular weight excluding hydrogens is 320 g/mol. The molecule has 0 spiro atoms. The molecule has 0 amide bonds. The van der Waals surface area contributed by atoms with Crippen molar-refractivity contribution in [3.05, 3.63) is 48.7 Å². The van der Waals surface area contributed by atoms with E-state index in [4.69, 9.17) is 11.6 Å². The number of aryl methyl sites for hydroxylation is 1. The van der Waals surface area contributed by atoms with Gasteiger partial charge in [-0.15, -0.1) is 11.6 Å². The van der Waals surface area contributed by atoms with Gasteiger partial charge in [-0.05, 0) is 54.7 Å². The van der Waals surface area contributed by atoms with Crippen molar-refractivity contribution >= 4 is 28.8 Å². The van der Waals surface area contributed by atoms with Crippen LogP contribution in [0.25, 0.3) is 0 Å². The fraction of sp³-hybridized carbons (Fsp3) is 0.421. The second-order valence-electron chi connectivity index (χ2n) is 5.97. The van der Waals surface area contributed by atoms with Crippen LogP contribution >= 0.6 is 11.6 Å². The zero-order chi connectivity index (χ0) is 17.2. The maximum absolute atomic E-state index is 5.71. The van der Waals surface area contributed by atoms with Crippen LogP contribution in [0.2, 0.25) is 0 Å². The highest BCUT2D eigenvalue weighted by Gasteiger charge is 2.08. The van der Waals surface area contributed by atoms with Gasteiger partial charge in [0.2, 0.25) is 0 Å². The molecule has 0 unspecified atom stereocenters. The fourth-order valence-electron chi connectivity index (χ4n) is 2.40. The Morgan fingerprint density at radius 3 is 2.38 bits per heavy atom. The molecule has 0 radical (unpaired) electrons. The van der Waals surface area contributed by atoms with E-state index in [0.29, 0.717) is 0 Å². The van der Waals surface area contributed by atoms with E-state index in [1.807, 2.05) is 56.6 Å². The van der Waals surface area contributed by atoms with E-state index in [9.17, 15) is 0 Å². The number of aromatic nitrogens is 1. The Labute approximate surface area is 149 Å². The van der Waals surface area contributed by atoms with Crippen molar-refractivity contribution in [3.63, 3.8) is 0 Å². The topological polar surface area (TPSA) is 31.8 Å². The Morgan fingerprint density at radius 2 is 1.67 bits per heavy atom. The highest BCUT2D eigenvalue weighted by atomic mass is 35.5. The summed E-state index contributed by atoms with van der Waals surface area (Å²) in [6.45, 7) is 0.955. The average Bonchev–Trinajstić information content (AvgIpc) is 2.61. The summed E-state index contributed by atoms with van der Waals surface area (Å²) in [4.78, 5) is 2.07. The third-order valence-electron chi connectivity index (χ3n) is 3.83. The number of nitrogens with zero attached hydrogens (tertiary/aromatic N) is 4. The zero-order valence-corrected chi connectivity index (χ0v) is 15.3. The molecule has 0 aliphatic carbocycles. The Morgan fingerprint density at radius 1 is 0.917 bits per heavy atom. The molecule has 0 atom stereocenters. The van der Waals surface area contributed by atoms with Gasteiger partial charge in [0.05, 0.1) is 17.9 Å². The van der Waals surface area contributed by atoms with Gasteiger partial charge in [0.15, 0.2) is 0 Å². The van der Waals surface area contributed by atoms with E-state index in [2.05, 4.69) is 25.9 Å². The first kappa shape index (κ1) is 18.4. The number of hydrogen-bond acceptors (Lipinski definition) is 3. The summed E-state index contributed by atoms with van der Waals surface area (Å²) in [5, 5.41) is 8.78. The number of alkyl halides is 1. The van der Waals surface area contributed by atoms with Gasteiger partial charge in [0.1, 0.15) is 5.69 Å². The molecule has 2 rings (SSSR count). The molecule has 0 aliphatic rings. The molecule has 0 fully saturated rings. The molecule has 0 saturated carbocycles. The van der Waals surface area contributed by atoms with Crippen molar-refractivity contribution in [1.29, 1.82) is 0 Å². The molecule has 1 aromatic carbocycles. The van der Waals surface area contributed by atoms with Crippen LogP contribution in [0.3, 0.4) is 0 Å². The van der Waals surface area contributed by atoms with Crippen molar-refractivity contribution in [3.8, 4) is 0 Å². The van der Waals surface area contributed by atoms with Gasteiger partial charge in [-0.25, -0.2) is 4.57 Å². The van der Waals surface area contributed by atoms with Crippen LogP contribution in [0.5, 0.6) is 0 Å². The summed E-state index contributed by atoms with van der Waals surface area (Å²) < 4.78 is 2.15. The zero-order valence-electron chi connectivity index (χ0n) is 14.5. The van der Waals surface area contributed by atoms with Gasteiger partial charge in [-0.3, -0.25) is 0 Å². The highest BCUT2D eigenvalue weighted by Crippen LogP contribution is 2.20. The van der Waals surface area contributed by atoms with Gasteiger partial charge in [-0.2, -0.15) is 0 Å². The second-order valence-corrected chi connectivity index (χ2v) is 6.34. The molecule has 1 aromatic heterocycles. The van der Waals surface area contributed by atoms with Crippen molar-refractivity contribution in [1.82, 2.24) is 0 Å². The predicted molar refractivity (Wildman–Crippen MR) is 101 cm³/mol. The molecule has 0 saturated heterocycles. The van der Waals surface area contributed by atoms with E-state index in [1.165, 1.54) is 12.8 Å². The van der Waals surface area contributed by atoms with Crippen LogP contribution in [0, 0.1) is 0 Å². The Kier molecular flexibility index (Phi) is 7.69. The van der Waals surface area contributed by atoms with Crippen molar-refractivity contribution in [2.24, 2.45) is 10.2 Å². The maximum Gasteiger partial charge on any atom is 0.350 e. The first-order valence-corrected chi connectivity index (χ1v) is 8.98. The number of halogens is 1. The third-order valence-corrected chi connectivity index (χ3v) is 4.10. The van der Waals surface area contributed by atoms with Crippen LogP contribution in [0.4, 0.5) is 17.2 Å². The molecule has 24 heavy (non-hydrogen) atoms. The molecule has 2 aromatic rings. The fourth-order valence-corrected chi connectivity index (χ4v) is 2.59. The van der Waals surface area contributed by atoms with Gasteiger partial charge in [-0.1, -0.05) is 12.5 Å². The van der Waals surface area contributed by atoms with Gasteiger partial charge >= 0.3 is 5.82 Å². The van der Waals surface area contributed by atoms with Crippen LogP contribution in [0.1, 0.15) is 25.7 Å². The minimum atomic E-state index is 0.755. The quantitative estimate of drug-likeness (QED) is 0.264. The van der Waals surface area contributed by atoms with Gasteiger partial charge in [0.25, 0.3) is 0 Å². The lowest BCUT2D eigenvalue weighted by Gasteiger charge is -2.11. The number of anilines is 1. The second kappa shape index (κ2) is 10.0. The largest absolute Gasteiger partial charge is 0.378 e. The van der Waals surface area contributed by atoms with Crippen molar-refractivity contribution in [2.75, 3.05) is 24.9 Å². The highest BCUT2D eigenvalue weighted by molar-refractivity contribution is 6.17. The number of unbranched alkanes of at least 4 members (excludes halogenated alkanes) is 3. The lowest BCUT2D eigenvalue weighted by molar-refractivity contribution is -0.684. The summed E-state index contributed by atoms with van der Waals surface area (Å²) in [5.41, 5.74) is 2.01.